The molecule has 0 saturated carbocycles. The Labute approximate surface area is 194 Å². The number of nitrogens with zero attached hydrogens (tertiary/aromatic N) is 1. The second-order valence-electron chi connectivity index (χ2n) is 8.23. The Morgan fingerprint density at radius 3 is 2.66 bits per heavy atom. The number of carbonyl (C=O) groups is 1. The van der Waals surface area contributed by atoms with Gasteiger partial charge in [0.25, 0.3) is 5.69 Å². The minimum Gasteiger partial charge on any atom is -0.354 e. The van der Waals surface area contributed by atoms with E-state index in [1.807, 2.05) is 18.2 Å². The Morgan fingerprint density at radius 2 is 1.97 bits per heavy atom. The monoisotopic (exact) mass is 458 g/mol. The van der Waals surface area contributed by atoms with E-state index in [1.165, 1.54) is 12.1 Å². The molecule has 2 aromatic carbocycles. The minimum absolute atomic E-state index is 0.0131. The molecule has 1 aliphatic heterocycles. The molecule has 1 heterocycles. The standard InChI is InChI=1S/C24H31ClN4O3/c1-2-3-13-26-23(20-6-4-5-7-21(20)25)18-15-22(28-16-18)24(30)27-14-12-17-8-10-19(11-9-17)29(31)32/h4-11,18,22-23,26,28H,2-3,12-16H2,1H3,(H,27,30)/t18-,22-,23?/m0/s1. The van der Waals surface area contributed by atoms with Crippen LogP contribution in [0.25, 0.3) is 0 Å². The summed E-state index contributed by atoms with van der Waals surface area (Å²) >= 11 is 6.49. The van der Waals surface area contributed by atoms with Crippen molar-refractivity contribution in [3.8, 4) is 0 Å². The summed E-state index contributed by atoms with van der Waals surface area (Å²) in [6.45, 7) is 4.31. The third-order valence-corrected chi connectivity index (χ3v) is 6.29. The molecule has 3 N–H and O–H groups in total. The van der Waals surface area contributed by atoms with Crippen molar-refractivity contribution in [1.82, 2.24) is 16.0 Å². The summed E-state index contributed by atoms with van der Waals surface area (Å²) in [5, 5.41) is 21.5. The molecule has 2 aromatic rings. The lowest BCUT2D eigenvalue weighted by Crippen LogP contribution is -2.41. The highest BCUT2D eigenvalue weighted by molar-refractivity contribution is 6.31. The lowest BCUT2D eigenvalue weighted by atomic mass is 9.90. The summed E-state index contributed by atoms with van der Waals surface area (Å²) < 4.78 is 0. The predicted octanol–water partition coefficient (Wildman–Crippen LogP) is 4.02. The average Bonchev–Trinajstić information content (AvgIpc) is 3.28. The molecular weight excluding hydrogens is 428 g/mol. The van der Waals surface area contributed by atoms with E-state index in [0.29, 0.717) is 13.0 Å². The van der Waals surface area contributed by atoms with Crippen LogP contribution < -0.4 is 16.0 Å². The quantitative estimate of drug-likeness (QED) is 0.268. The number of nitro groups is 1. The van der Waals surface area contributed by atoms with Crippen LogP contribution in [0.15, 0.2) is 48.5 Å². The lowest BCUT2D eigenvalue weighted by Gasteiger charge is -2.26. The van der Waals surface area contributed by atoms with Gasteiger partial charge in [-0.2, -0.15) is 0 Å². The third kappa shape index (κ3) is 6.51. The predicted molar refractivity (Wildman–Crippen MR) is 127 cm³/mol. The third-order valence-electron chi connectivity index (χ3n) is 5.95. The maximum atomic E-state index is 12.7. The van der Waals surface area contributed by atoms with Crippen LogP contribution in [-0.2, 0) is 11.2 Å². The number of amides is 1. The van der Waals surface area contributed by atoms with Crippen LogP contribution in [0.5, 0.6) is 0 Å². The number of hydrogen-bond acceptors (Lipinski definition) is 5. The summed E-state index contributed by atoms with van der Waals surface area (Å²) in [6, 6.07) is 14.2. The average molecular weight is 459 g/mol. The highest BCUT2D eigenvalue weighted by atomic mass is 35.5. The topological polar surface area (TPSA) is 96.3 Å². The van der Waals surface area contributed by atoms with Crippen molar-refractivity contribution in [3.05, 3.63) is 74.8 Å². The zero-order chi connectivity index (χ0) is 22.9. The van der Waals surface area contributed by atoms with Gasteiger partial charge >= 0.3 is 0 Å². The van der Waals surface area contributed by atoms with Crippen molar-refractivity contribution < 1.29 is 9.72 Å². The van der Waals surface area contributed by atoms with E-state index >= 15 is 0 Å². The molecule has 8 heteroatoms. The fourth-order valence-electron chi connectivity index (χ4n) is 4.15. The fraction of sp³-hybridized carbons (Fsp3) is 0.458. The van der Waals surface area contributed by atoms with Crippen molar-refractivity contribution in [3.63, 3.8) is 0 Å². The molecule has 0 radical (unpaired) electrons. The van der Waals surface area contributed by atoms with Gasteiger partial charge in [0, 0.05) is 36.3 Å². The van der Waals surface area contributed by atoms with Crippen LogP contribution in [0, 0.1) is 16.0 Å². The van der Waals surface area contributed by atoms with E-state index in [9.17, 15) is 14.9 Å². The number of carbonyl (C=O) groups excluding carboxylic acids is 1. The van der Waals surface area contributed by atoms with Crippen molar-refractivity contribution >= 4 is 23.2 Å². The summed E-state index contributed by atoms with van der Waals surface area (Å²) in [7, 11) is 0. The van der Waals surface area contributed by atoms with Crippen LogP contribution in [0.3, 0.4) is 0 Å². The first kappa shape index (κ1) is 24.2. The molecule has 1 amide bonds. The highest BCUT2D eigenvalue weighted by Crippen LogP contribution is 2.33. The van der Waals surface area contributed by atoms with Crippen molar-refractivity contribution in [2.45, 2.75) is 44.7 Å². The molecule has 1 unspecified atom stereocenters. The molecule has 3 rings (SSSR count). The van der Waals surface area contributed by atoms with E-state index in [-0.39, 0.29) is 29.6 Å². The van der Waals surface area contributed by atoms with Gasteiger partial charge in [0.1, 0.15) is 0 Å². The van der Waals surface area contributed by atoms with E-state index in [2.05, 4.69) is 28.9 Å². The van der Waals surface area contributed by atoms with Crippen molar-refractivity contribution in [1.29, 1.82) is 0 Å². The molecule has 7 nitrogen and oxygen atoms in total. The molecule has 1 aliphatic rings. The van der Waals surface area contributed by atoms with Crippen molar-refractivity contribution in [2.24, 2.45) is 5.92 Å². The Balaban J connectivity index is 1.53. The Morgan fingerprint density at radius 1 is 1.22 bits per heavy atom. The van der Waals surface area contributed by atoms with Gasteiger partial charge in [0.15, 0.2) is 0 Å². The number of non-ortho nitro benzene ring substituents is 1. The molecular formula is C24H31ClN4O3. The summed E-state index contributed by atoms with van der Waals surface area (Å²) in [5.74, 6) is 0.248. The first-order valence-corrected chi connectivity index (χ1v) is 11.6. The molecule has 0 aliphatic carbocycles. The second-order valence-corrected chi connectivity index (χ2v) is 8.64. The van der Waals surface area contributed by atoms with Gasteiger partial charge in [-0.3, -0.25) is 14.9 Å². The lowest BCUT2D eigenvalue weighted by molar-refractivity contribution is -0.384. The number of rotatable bonds is 11. The van der Waals surface area contributed by atoms with Gasteiger partial charge in [-0.1, -0.05) is 55.3 Å². The van der Waals surface area contributed by atoms with E-state index in [0.717, 1.165) is 48.5 Å². The molecule has 0 bridgehead atoms. The largest absolute Gasteiger partial charge is 0.354 e. The number of nitro benzene ring substituents is 1. The van der Waals surface area contributed by atoms with Gasteiger partial charge in [-0.05, 0) is 48.9 Å². The molecule has 172 valence electrons. The molecule has 0 spiro atoms. The smallest absolute Gasteiger partial charge is 0.269 e. The van der Waals surface area contributed by atoms with E-state index in [1.54, 1.807) is 12.1 Å². The van der Waals surface area contributed by atoms with Gasteiger partial charge in [-0.15, -0.1) is 0 Å². The van der Waals surface area contributed by atoms with E-state index < -0.39 is 4.92 Å². The maximum absolute atomic E-state index is 12.7. The Hall–Kier alpha value is -2.48. The Bertz CT molecular complexity index is 906. The number of unbranched alkanes of at least 4 members (excludes halogenated alkanes) is 1. The molecule has 32 heavy (non-hydrogen) atoms. The highest BCUT2D eigenvalue weighted by Gasteiger charge is 2.35. The van der Waals surface area contributed by atoms with Gasteiger partial charge in [-0.25, -0.2) is 0 Å². The summed E-state index contributed by atoms with van der Waals surface area (Å²) in [5.41, 5.74) is 2.10. The van der Waals surface area contributed by atoms with Gasteiger partial charge in [0.2, 0.25) is 5.91 Å². The second kappa shape index (κ2) is 11.9. The maximum Gasteiger partial charge on any atom is 0.269 e. The van der Waals surface area contributed by atoms with Crippen LogP contribution >= 0.6 is 11.6 Å². The summed E-state index contributed by atoms with van der Waals surface area (Å²) in [6.07, 6.45) is 3.57. The van der Waals surface area contributed by atoms with Gasteiger partial charge in [0.05, 0.1) is 11.0 Å². The fourth-order valence-corrected chi connectivity index (χ4v) is 4.40. The first-order valence-electron chi connectivity index (χ1n) is 11.2. The zero-order valence-corrected chi connectivity index (χ0v) is 19.1. The summed E-state index contributed by atoms with van der Waals surface area (Å²) in [4.78, 5) is 23.0. The molecule has 3 atom stereocenters. The first-order chi connectivity index (χ1) is 15.5. The van der Waals surface area contributed by atoms with E-state index in [4.69, 9.17) is 11.6 Å². The minimum atomic E-state index is -0.416. The normalized spacial score (nSPS) is 18.9. The van der Waals surface area contributed by atoms with Gasteiger partial charge < -0.3 is 16.0 Å². The zero-order valence-electron chi connectivity index (χ0n) is 18.4. The SMILES string of the molecule is CCCCNC(c1ccccc1Cl)[C@@H]1CN[C@H](C(=O)NCCc2ccc([N+](=O)[O-])cc2)C1. The van der Waals surface area contributed by atoms with Crippen LogP contribution in [0.1, 0.15) is 43.4 Å². The number of hydrogen-bond donors (Lipinski definition) is 3. The Kier molecular flexibility index (Phi) is 9.02. The van der Waals surface area contributed by atoms with Crippen LogP contribution in [0.4, 0.5) is 5.69 Å². The molecule has 1 fully saturated rings. The number of benzene rings is 2. The molecule has 0 aromatic heterocycles. The van der Waals surface area contributed by atoms with Crippen LogP contribution in [-0.4, -0.2) is 36.5 Å². The van der Waals surface area contributed by atoms with Crippen molar-refractivity contribution in [2.75, 3.05) is 19.6 Å². The number of nitrogens with one attached hydrogen (secondary N) is 3. The number of halogens is 1. The van der Waals surface area contributed by atoms with Crippen LogP contribution in [0.2, 0.25) is 5.02 Å². The molecule has 1 saturated heterocycles.